The van der Waals surface area contributed by atoms with Crippen LogP contribution >= 0.6 is 0 Å². The van der Waals surface area contributed by atoms with Crippen molar-refractivity contribution in [1.82, 2.24) is 19.8 Å². The molecule has 2 aromatic rings. The predicted molar refractivity (Wildman–Crippen MR) is 117 cm³/mol. The number of amides is 1. The van der Waals surface area contributed by atoms with E-state index in [1.54, 1.807) is 14.0 Å². The number of anilines is 1. The average molecular weight is 410 g/mol. The molecule has 2 aliphatic heterocycles. The molecule has 0 radical (unpaired) electrons. The molecule has 2 aliphatic rings. The van der Waals surface area contributed by atoms with Crippen LogP contribution < -0.4 is 10.1 Å². The van der Waals surface area contributed by atoms with E-state index in [4.69, 9.17) is 14.7 Å². The third-order valence-corrected chi connectivity index (χ3v) is 6.15. The van der Waals surface area contributed by atoms with Crippen LogP contribution in [0.3, 0.4) is 0 Å². The highest BCUT2D eigenvalue weighted by molar-refractivity contribution is 5.74. The Kier molecular flexibility index (Phi) is 6.18. The number of carbonyl (C=O) groups is 1. The number of hydrogen-bond donors (Lipinski definition) is 1. The molecule has 0 aliphatic carbocycles. The summed E-state index contributed by atoms with van der Waals surface area (Å²) in [6, 6.07) is 8.00. The van der Waals surface area contributed by atoms with E-state index in [0.29, 0.717) is 19.0 Å². The Balaban J connectivity index is 1.65. The maximum absolute atomic E-state index is 12.0. The molecule has 30 heavy (non-hydrogen) atoms. The van der Waals surface area contributed by atoms with E-state index in [1.807, 2.05) is 23.1 Å². The largest absolute Gasteiger partial charge is 0.496 e. The fourth-order valence-corrected chi connectivity index (χ4v) is 4.44. The van der Waals surface area contributed by atoms with Gasteiger partial charge in [0.25, 0.3) is 0 Å². The van der Waals surface area contributed by atoms with Crippen molar-refractivity contribution < 1.29 is 9.53 Å². The lowest BCUT2D eigenvalue weighted by Crippen LogP contribution is -2.36. The Morgan fingerprint density at radius 3 is 2.87 bits per heavy atom. The molecule has 4 rings (SSSR count). The molecule has 0 unspecified atom stereocenters. The van der Waals surface area contributed by atoms with Gasteiger partial charge in [-0.15, -0.1) is 0 Å². The molecule has 0 spiro atoms. The molecule has 1 aromatic heterocycles. The van der Waals surface area contributed by atoms with Crippen molar-refractivity contribution in [2.45, 2.75) is 45.2 Å². The van der Waals surface area contributed by atoms with Crippen LogP contribution in [0.25, 0.3) is 0 Å². The summed E-state index contributed by atoms with van der Waals surface area (Å²) in [5.41, 5.74) is 3.19. The summed E-state index contributed by atoms with van der Waals surface area (Å²) in [6.45, 7) is 5.63. The van der Waals surface area contributed by atoms with Gasteiger partial charge in [0, 0.05) is 50.0 Å². The van der Waals surface area contributed by atoms with Crippen molar-refractivity contribution in [2.24, 2.45) is 0 Å². The molecule has 3 heterocycles. The summed E-state index contributed by atoms with van der Waals surface area (Å²) in [7, 11) is 3.85. The second-order valence-corrected chi connectivity index (χ2v) is 8.31. The van der Waals surface area contributed by atoms with Gasteiger partial charge < -0.3 is 19.9 Å². The van der Waals surface area contributed by atoms with Crippen molar-refractivity contribution in [2.75, 3.05) is 39.1 Å². The number of hydrogen-bond acceptors (Lipinski definition) is 6. The number of nitrogens with zero attached hydrogens (tertiary/aromatic N) is 4. The van der Waals surface area contributed by atoms with Gasteiger partial charge in [0.05, 0.1) is 19.3 Å². The molecule has 160 valence electrons. The lowest BCUT2D eigenvalue weighted by Gasteiger charge is -2.32. The Morgan fingerprint density at radius 1 is 1.27 bits per heavy atom. The first-order valence-electron chi connectivity index (χ1n) is 10.7. The average Bonchev–Trinajstić information content (AvgIpc) is 2.77. The summed E-state index contributed by atoms with van der Waals surface area (Å²) in [5, 5.41) is 3.53. The summed E-state index contributed by atoms with van der Waals surface area (Å²) in [4.78, 5) is 26.2. The standard InChI is InChI=1S/C23H31N5O2/c1-16(29)28-12-10-20-19(15-28)23(24-13-17-7-4-5-9-21(17)30-3)26-22(25-20)18-8-6-11-27(2)14-18/h4-5,7,9,18H,6,8,10-15H2,1-3H3,(H,24,25,26)/t18-/m0/s1. The number of likely N-dealkylation sites (N-methyl/N-ethyl adjacent to an activating group) is 1. The van der Waals surface area contributed by atoms with Crippen LogP contribution in [0.4, 0.5) is 5.82 Å². The van der Waals surface area contributed by atoms with E-state index >= 15 is 0 Å². The number of likely N-dealkylation sites (tertiary alicyclic amines) is 1. The van der Waals surface area contributed by atoms with E-state index in [0.717, 1.165) is 66.7 Å². The third kappa shape index (κ3) is 4.41. The first-order valence-corrected chi connectivity index (χ1v) is 10.7. The minimum absolute atomic E-state index is 0.0920. The van der Waals surface area contributed by atoms with Gasteiger partial charge >= 0.3 is 0 Å². The molecule has 7 heteroatoms. The Hall–Kier alpha value is -2.67. The normalized spacial score (nSPS) is 19.3. The fourth-order valence-electron chi connectivity index (χ4n) is 4.44. The van der Waals surface area contributed by atoms with Crippen molar-refractivity contribution in [3.63, 3.8) is 0 Å². The van der Waals surface area contributed by atoms with Crippen LogP contribution in [-0.2, 0) is 24.3 Å². The number of benzene rings is 1. The SMILES string of the molecule is COc1ccccc1CNc1nc([C@H]2CCCN(C)C2)nc2c1CN(C(C)=O)CC2. The number of carbonyl (C=O) groups excluding carboxylic acids is 1. The summed E-state index contributed by atoms with van der Waals surface area (Å²) in [6.07, 6.45) is 3.06. The Bertz CT molecular complexity index is 916. The number of piperidine rings is 1. The Labute approximate surface area is 178 Å². The molecule has 1 amide bonds. The van der Waals surface area contributed by atoms with Crippen LogP contribution in [0.2, 0.25) is 0 Å². The first-order chi connectivity index (χ1) is 14.5. The highest BCUT2D eigenvalue weighted by atomic mass is 16.5. The van der Waals surface area contributed by atoms with Crippen molar-refractivity contribution in [3.05, 3.63) is 46.9 Å². The molecular formula is C23H31N5O2. The maximum Gasteiger partial charge on any atom is 0.219 e. The minimum Gasteiger partial charge on any atom is -0.496 e. The monoisotopic (exact) mass is 409 g/mol. The van der Waals surface area contributed by atoms with Crippen LogP contribution in [0.1, 0.15) is 48.3 Å². The molecular weight excluding hydrogens is 378 g/mol. The van der Waals surface area contributed by atoms with E-state index in [9.17, 15) is 4.79 Å². The van der Waals surface area contributed by atoms with Gasteiger partial charge in [0.2, 0.25) is 5.91 Å². The summed E-state index contributed by atoms with van der Waals surface area (Å²) < 4.78 is 5.49. The van der Waals surface area contributed by atoms with Crippen LogP contribution in [0, 0.1) is 0 Å². The molecule has 1 fully saturated rings. The molecule has 1 aromatic carbocycles. The van der Waals surface area contributed by atoms with Gasteiger partial charge in [-0.3, -0.25) is 4.79 Å². The zero-order chi connectivity index (χ0) is 21.1. The number of methoxy groups -OCH3 is 1. The van der Waals surface area contributed by atoms with Gasteiger partial charge in [-0.25, -0.2) is 9.97 Å². The third-order valence-electron chi connectivity index (χ3n) is 6.15. The second-order valence-electron chi connectivity index (χ2n) is 8.31. The fraction of sp³-hybridized carbons (Fsp3) is 0.522. The topological polar surface area (TPSA) is 70.6 Å². The first kappa shape index (κ1) is 20.6. The lowest BCUT2D eigenvalue weighted by molar-refractivity contribution is -0.129. The highest BCUT2D eigenvalue weighted by Gasteiger charge is 2.27. The van der Waals surface area contributed by atoms with Gasteiger partial charge in [0.15, 0.2) is 0 Å². The van der Waals surface area contributed by atoms with Gasteiger partial charge in [0.1, 0.15) is 17.4 Å². The smallest absolute Gasteiger partial charge is 0.219 e. The zero-order valence-corrected chi connectivity index (χ0v) is 18.1. The number of ether oxygens (including phenoxy) is 1. The van der Waals surface area contributed by atoms with Crippen LogP contribution in [0.15, 0.2) is 24.3 Å². The number of fused-ring (bicyclic) bond motifs is 1. The second kappa shape index (κ2) is 9.00. The highest BCUT2D eigenvalue weighted by Crippen LogP contribution is 2.30. The van der Waals surface area contributed by atoms with Gasteiger partial charge in [-0.05, 0) is 32.5 Å². The number of para-hydroxylation sites is 1. The quantitative estimate of drug-likeness (QED) is 0.819. The number of nitrogens with one attached hydrogen (secondary N) is 1. The van der Waals surface area contributed by atoms with Gasteiger partial charge in [-0.2, -0.15) is 0 Å². The predicted octanol–water partition coefficient (Wildman–Crippen LogP) is 2.81. The van der Waals surface area contributed by atoms with Crippen molar-refractivity contribution >= 4 is 11.7 Å². The zero-order valence-electron chi connectivity index (χ0n) is 18.1. The van der Waals surface area contributed by atoms with E-state index < -0.39 is 0 Å². The molecule has 1 atom stereocenters. The van der Waals surface area contributed by atoms with Crippen LogP contribution in [-0.4, -0.2) is 59.5 Å². The van der Waals surface area contributed by atoms with E-state index in [1.165, 1.54) is 6.42 Å². The van der Waals surface area contributed by atoms with E-state index in [2.05, 4.69) is 23.3 Å². The molecule has 1 N–H and O–H groups in total. The minimum atomic E-state index is 0.0920. The van der Waals surface area contributed by atoms with Crippen molar-refractivity contribution in [3.8, 4) is 5.75 Å². The molecule has 0 saturated carbocycles. The Morgan fingerprint density at radius 2 is 2.10 bits per heavy atom. The molecule has 7 nitrogen and oxygen atoms in total. The number of aromatic nitrogens is 2. The summed E-state index contributed by atoms with van der Waals surface area (Å²) >= 11 is 0. The maximum atomic E-state index is 12.0. The van der Waals surface area contributed by atoms with Crippen LogP contribution in [0.5, 0.6) is 5.75 Å². The molecule has 0 bridgehead atoms. The summed E-state index contributed by atoms with van der Waals surface area (Å²) in [5.74, 6) is 3.08. The van der Waals surface area contributed by atoms with Gasteiger partial charge in [-0.1, -0.05) is 18.2 Å². The lowest BCUT2D eigenvalue weighted by atomic mass is 9.96. The van der Waals surface area contributed by atoms with E-state index in [-0.39, 0.29) is 5.91 Å². The van der Waals surface area contributed by atoms with Crippen molar-refractivity contribution in [1.29, 1.82) is 0 Å². The molecule has 1 saturated heterocycles. The number of rotatable bonds is 5.